The number of aromatic nitrogens is 3. The molecule has 3 heterocycles. The number of fused-ring (bicyclic) bond motifs is 1. The highest BCUT2D eigenvalue weighted by Crippen LogP contribution is 2.24. The smallest absolute Gasteiger partial charge is 0.151 e. The average molecular weight is 278 g/mol. The summed E-state index contributed by atoms with van der Waals surface area (Å²) < 4.78 is 1.99. The average Bonchev–Trinajstić information content (AvgIpc) is 2.89. The molecule has 5 heteroatoms. The second-order valence-electron chi connectivity index (χ2n) is 6.22. The Kier molecular flexibility index (Phi) is 4.36. The Balaban J connectivity index is 1.67. The van der Waals surface area contributed by atoms with Crippen LogP contribution in [0.2, 0.25) is 0 Å². The minimum absolute atomic E-state index is 0.151. The van der Waals surface area contributed by atoms with Crippen LogP contribution in [0.3, 0.4) is 0 Å². The Bertz CT molecular complexity index is 445. The number of piperidine rings is 1. The van der Waals surface area contributed by atoms with Crippen molar-refractivity contribution >= 4 is 0 Å². The van der Waals surface area contributed by atoms with Gasteiger partial charge in [0.1, 0.15) is 5.82 Å². The summed E-state index contributed by atoms with van der Waals surface area (Å²) in [7, 11) is 0. The van der Waals surface area contributed by atoms with Gasteiger partial charge < -0.3 is 10.0 Å². The minimum Gasteiger partial charge on any atom is -0.394 e. The van der Waals surface area contributed by atoms with Crippen LogP contribution in [0.4, 0.5) is 0 Å². The lowest BCUT2D eigenvalue weighted by atomic mass is 9.94. The third-order valence-electron chi connectivity index (χ3n) is 4.76. The van der Waals surface area contributed by atoms with Crippen LogP contribution in [-0.4, -0.2) is 51.0 Å². The highest BCUT2D eigenvalue weighted by Gasteiger charge is 2.25. The van der Waals surface area contributed by atoms with Gasteiger partial charge in [-0.1, -0.05) is 6.92 Å². The van der Waals surface area contributed by atoms with Gasteiger partial charge in [0, 0.05) is 19.4 Å². The lowest BCUT2D eigenvalue weighted by molar-refractivity contribution is 0.179. The van der Waals surface area contributed by atoms with E-state index in [0.717, 1.165) is 43.9 Å². The van der Waals surface area contributed by atoms with Gasteiger partial charge in [0.2, 0.25) is 0 Å². The topological polar surface area (TPSA) is 54.2 Å². The number of likely N-dealkylation sites (tertiary alicyclic amines) is 1. The number of hydrogen-bond acceptors (Lipinski definition) is 4. The molecule has 2 aliphatic rings. The first-order valence-electron chi connectivity index (χ1n) is 8.07. The zero-order valence-electron chi connectivity index (χ0n) is 12.5. The summed E-state index contributed by atoms with van der Waals surface area (Å²) in [5.74, 6) is 2.76. The maximum absolute atomic E-state index is 9.44. The van der Waals surface area contributed by atoms with E-state index in [4.69, 9.17) is 4.98 Å². The van der Waals surface area contributed by atoms with E-state index in [1.807, 2.05) is 4.68 Å². The molecule has 2 unspecified atom stereocenters. The summed E-state index contributed by atoms with van der Waals surface area (Å²) in [6.45, 7) is 6.00. The fourth-order valence-electron chi connectivity index (χ4n) is 3.60. The maximum Gasteiger partial charge on any atom is 0.151 e. The Hall–Kier alpha value is -0.940. The Labute approximate surface area is 121 Å². The van der Waals surface area contributed by atoms with Gasteiger partial charge >= 0.3 is 0 Å². The van der Waals surface area contributed by atoms with Gasteiger partial charge in [-0.05, 0) is 44.7 Å². The lowest BCUT2D eigenvalue weighted by Gasteiger charge is -2.31. The van der Waals surface area contributed by atoms with Crippen LogP contribution in [-0.2, 0) is 12.8 Å². The van der Waals surface area contributed by atoms with E-state index in [0.29, 0.717) is 5.92 Å². The molecular weight excluding hydrogens is 252 g/mol. The molecule has 0 aromatic carbocycles. The summed E-state index contributed by atoms with van der Waals surface area (Å²) in [6, 6.07) is 0.151. The first-order chi connectivity index (χ1) is 9.80. The standard InChI is InChI=1S/C15H26N4O/c1-2-18-8-4-5-12(10-18)9-14-16-15-7-3-6-13(11-20)19(15)17-14/h12-13,20H,2-11H2,1H3. The number of aliphatic hydroxyl groups is 1. The summed E-state index contributed by atoms with van der Waals surface area (Å²) in [6.07, 6.45) is 6.74. The van der Waals surface area contributed by atoms with Crippen molar-refractivity contribution in [2.24, 2.45) is 5.92 Å². The van der Waals surface area contributed by atoms with Crippen molar-refractivity contribution in [1.82, 2.24) is 19.7 Å². The molecule has 5 nitrogen and oxygen atoms in total. The van der Waals surface area contributed by atoms with Gasteiger partial charge in [0.25, 0.3) is 0 Å². The van der Waals surface area contributed by atoms with Gasteiger partial charge in [-0.2, -0.15) is 5.10 Å². The first-order valence-corrected chi connectivity index (χ1v) is 8.07. The van der Waals surface area contributed by atoms with Crippen LogP contribution in [0.1, 0.15) is 50.3 Å². The van der Waals surface area contributed by atoms with Gasteiger partial charge in [-0.25, -0.2) is 9.67 Å². The predicted molar refractivity (Wildman–Crippen MR) is 77.6 cm³/mol. The van der Waals surface area contributed by atoms with Crippen molar-refractivity contribution < 1.29 is 5.11 Å². The second-order valence-corrected chi connectivity index (χ2v) is 6.22. The number of rotatable bonds is 4. The van der Waals surface area contributed by atoms with E-state index in [1.54, 1.807) is 0 Å². The summed E-state index contributed by atoms with van der Waals surface area (Å²) in [5, 5.41) is 14.1. The quantitative estimate of drug-likeness (QED) is 0.905. The van der Waals surface area contributed by atoms with Crippen LogP contribution in [0.15, 0.2) is 0 Å². The van der Waals surface area contributed by atoms with Gasteiger partial charge in [0.15, 0.2) is 5.82 Å². The van der Waals surface area contributed by atoms with Crippen LogP contribution in [0.5, 0.6) is 0 Å². The molecule has 0 bridgehead atoms. The molecule has 0 spiro atoms. The Morgan fingerprint density at radius 1 is 1.30 bits per heavy atom. The molecule has 112 valence electrons. The molecule has 1 saturated heterocycles. The van der Waals surface area contributed by atoms with E-state index in [1.165, 1.54) is 25.9 Å². The molecule has 2 atom stereocenters. The Morgan fingerprint density at radius 2 is 2.20 bits per heavy atom. The van der Waals surface area contributed by atoms with Crippen molar-refractivity contribution in [2.45, 2.75) is 51.5 Å². The lowest BCUT2D eigenvalue weighted by Crippen LogP contribution is -2.36. The molecule has 1 fully saturated rings. The fraction of sp³-hybridized carbons (Fsp3) is 0.867. The highest BCUT2D eigenvalue weighted by atomic mass is 16.3. The zero-order chi connectivity index (χ0) is 13.9. The molecule has 1 aromatic rings. The zero-order valence-corrected chi connectivity index (χ0v) is 12.5. The summed E-state index contributed by atoms with van der Waals surface area (Å²) in [4.78, 5) is 7.24. The molecule has 1 aromatic heterocycles. The number of nitrogens with zero attached hydrogens (tertiary/aromatic N) is 4. The number of hydrogen-bond donors (Lipinski definition) is 1. The molecule has 0 radical (unpaired) electrons. The van der Waals surface area contributed by atoms with Crippen molar-refractivity contribution in [3.05, 3.63) is 11.6 Å². The van der Waals surface area contributed by atoms with Crippen LogP contribution in [0.25, 0.3) is 0 Å². The molecule has 3 rings (SSSR count). The highest BCUT2D eigenvalue weighted by molar-refractivity contribution is 5.00. The number of aliphatic hydroxyl groups excluding tert-OH is 1. The fourth-order valence-corrected chi connectivity index (χ4v) is 3.60. The van der Waals surface area contributed by atoms with E-state index < -0.39 is 0 Å². The van der Waals surface area contributed by atoms with Gasteiger partial charge in [-0.15, -0.1) is 0 Å². The molecule has 1 N–H and O–H groups in total. The largest absolute Gasteiger partial charge is 0.394 e. The molecular formula is C15H26N4O. The van der Waals surface area contributed by atoms with Crippen LogP contribution in [0, 0.1) is 5.92 Å². The van der Waals surface area contributed by atoms with Crippen molar-refractivity contribution in [2.75, 3.05) is 26.2 Å². The van der Waals surface area contributed by atoms with E-state index in [-0.39, 0.29) is 12.6 Å². The van der Waals surface area contributed by atoms with Crippen molar-refractivity contribution in [3.63, 3.8) is 0 Å². The second kappa shape index (κ2) is 6.22. The predicted octanol–water partition coefficient (Wildman–Crippen LogP) is 1.42. The van der Waals surface area contributed by atoms with Gasteiger partial charge in [-0.3, -0.25) is 0 Å². The Morgan fingerprint density at radius 3 is 3.00 bits per heavy atom. The van der Waals surface area contributed by atoms with Crippen molar-refractivity contribution in [1.29, 1.82) is 0 Å². The van der Waals surface area contributed by atoms with Crippen LogP contribution < -0.4 is 0 Å². The SMILES string of the molecule is CCN1CCCC(Cc2nc3n(n2)C(CO)CCC3)C1. The molecule has 0 saturated carbocycles. The summed E-state index contributed by atoms with van der Waals surface area (Å²) >= 11 is 0. The molecule has 0 aliphatic carbocycles. The first kappa shape index (κ1) is 14.0. The van der Waals surface area contributed by atoms with E-state index in [2.05, 4.69) is 16.9 Å². The third-order valence-corrected chi connectivity index (χ3v) is 4.76. The van der Waals surface area contributed by atoms with E-state index in [9.17, 15) is 5.11 Å². The minimum atomic E-state index is 0.151. The number of aryl methyl sites for hydroxylation is 1. The normalized spacial score (nSPS) is 27.5. The maximum atomic E-state index is 9.44. The van der Waals surface area contributed by atoms with Crippen LogP contribution >= 0.6 is 0 Å². The molecule has 2 aliphatic heterocycles. The molecule has 0 amide bonds. The molecule has 20 heavy (non-hydrogen) atoms. The van der Waals surface area contributed by atoms with E-state index >= 15 is 0 Å². The van der Waals surface area contributed by atoms with Gasteiger partial charge in [0.05, 0.1) is 12.6 Å². The summed E-state index contributed by atoms with van der Waals surface area (Å²) in [5.41, 5.74) is 0. The van der Waals surface area contributed by atoms with Crippen molar-refractivity contribution in [3.8, 4) is 0 Å². The third kappa shape index (κ3) is 2.88. The monoisotopic (exact) mass is 278 g/mol.